The van der Waals surface area contributed by atoms with Crippen molar-refractivity contribution in [2.45, 2.75) is 18.9 Å². The second-order valence-corrected chi connectivity index (χ2v) is 3.72. The van der Waals surface area contributed by atoms with Crippen LogP contribution >= 0.6 is 0 Å². The summed E-state index contributed by atoms with van der Waals surface area (Å²) in [6, 6.07) is -0.538. The monoisotopic (exact) mass is 222 g/mol. The van der Waals surface area contributed by atoms with Crippen molar-refractivity contribution < 1.29 is 9.59 Å². The molecule has 1 N–H and O–H groups in total. The van der Waals surface area contributed by atoms with Crippen LogP contribution in [0.25, 0.3) is 0 Å². The minimum absolute atomic E-state index is 0.106. The van der Waals surface area contributed by atoms with E-state index >= 15 is 0 Å². The van der Waals surface area contributed by atoms with Crippen LogP contribution in [0.4, 0.5) is 4.79 Å². The van der Waals surface area contributed by atoms with Crippen LogP contribution in [0.5, 0.6) is 0 Å². The van der Waals surface area contributed by atoms with Crippen molar-refractivity contribution in [2.75, 3.05) is 13.6 Å². The summed E-state index contributed by atoms with van der Waals surface area (Å²) in [4.78, 5) is 29.0. The SMILES string of the molecule is CNC(=O)C1CCCN1C(=O)n1ccnc1. The lowest BCUT2D eigenvalue weighted by Crippen LogP contribution is -2.46. The Bertz CT molecular complexity index is 388. The van der Waals surface area contributed by atoms with Crippen molar-refractivity contribution in [2.24, 2.45) is 0 Å². The highest BCUT2D eigenvalue weighted by Gasteiger charge is 2.33. The summed E-state index contributed by atoms with van der Waals surface area (Å²) < 4.78 is 1.39. The molecule has 1 aromatic heterocycles. The van der Waals surface area contributed by atoms with Crippen molar-refractivity contribution in [1.29, 1.82) is 0 Å². The molecule has 2 amide bonds. The zero-order chi connectivity index (χ0) is 11.5. The molecule has 6 heteroatoms. The van der Waals surface area contributed by atoms with Crippen LogP contribution in [0.2, 0.25) is 0 Å². The minimum Gasteiger partial charge on any atom is -0.357 e. The third kappa shape index (κ3) is 1.78. The van der Waals surface area contributed by atoms with Crippen molar-refractivity contribution in [1.82, 2.24) is 19.8 Å². The summed E-state index contributed by atoms with van der Waals surface area (Å²) in [6.07, 6.45) is 6.16. The van der Waals surface area contributed by atoms with E-state index in [0.29, 0.717) is 6.54 Å². The van der Waals surface area contributed by atoms with E-state index in [-0.39, 0.29) is 18.0 Å². The van der Waals surface area contributed by atoms with Gasteiger partial charge in [-0.25, -0.2) is 9.78 Å². The first-order chi connectivity index (χ1) is 7.74. The van der Waals surface area contributed by atoms with Crippen LogP contribution in [0.3, 0.4) is 0 Å². The minimum atomic E-state index is -0.347. The van der Waals surface area contributed by atoms with E-state index in [1.807, 2.05) is 0 Å². The first-order valence-corrected chi connectivity index (χ1v) is 5.24. The van der Waals surface area contributed by atoms with Gasteiger partial charge in [0.1, 0.15) is 12.4 Å². The maximum absolute atomic E-state index is 12.0. The third-order valence-corrected chi connectivity index (χ3v) is 2.77. The Morgan fingerprint density at radius 1 is 1.50 bits per heavy atom. The Morgan fingerprint density at radius 2 is 2.31 bits per heavy atom. The van der Waals surface area contributed by atoms with Gasteiger partial charge in [0.2, 0.25) is 5.91 Å². The lowest BCUT2D eigenvalue weighted by atomic mass is 10.2. The van der Waals surface area contributed by atoms with E-state index < -0.39 is 0 Å². The Hall–Kier alpha value is -1.85. The summed E-state index contributed by atoms with van der Waals surface area (Å²) in [5.74, 6) is -0.106. The highest BCUT2D eigenvalue weighted by Crippen LogP contribution is 2.18. The van der Waals surface area contributed by atoms with Gasteiger partial charge in [-0.15, -0.1) is 0 Å². The fourth-order valence-electron chi connectivity index (χ4n) is 1.96. The van der Waals surface area contributed by atoms with Crippen molar-refractivity contribution >= 4 is 11.9 Å². The predicted octanol–water partition coefficient (Wildman–Crippen LogP) is 0.0616. The number of carbonyl (C=O) groups is 2. The molecular weight excluding hydrogens is 208 g/mol. The van der Waals surface area contributed by atoms with Gasteiger partial charge in [0, 0.05) is 26.0 Å². The number of likely N-dealkylation sites (tertiary alicyclic amines) is 1. The smallest absolute Gasteiger partial charge is 0.330 e. The number of nitrogens with one attached hydrogen (secondary N) is 1. The Labute approximate surface area is 93.3 Å². The maximum Gasteiger partial charge on any atom is 0.330 e. The quantitative estimate of drug-likeness (QED) is 0.730. The summed E-state index contributed by atoms with van der Waals surface area (Å²) in [5.41, 5.74) is 0. The number of nitrogens with zero attached hydrogens (tertiary/aromatic N) is 3. The largest absolute Gasteiger partial charge is 0.357 e. The molecule has 1 aliphatic rings. The molecule has 6 nitrogen and oxygen atoms in total. The molecule has 16 heavy (non-hydrogen) atoms. The zero-order valence-electron chi connectivity index (χ0n) is 9.09. The number of carbonyl (C=O) groups excluding carboxylic acids is 2. The summed E-state index contributed by atoms with van der Waals surface area (Å²) in [6.45, 7) is 0.620. The molecule has 1 saturated heterocycles. The average Bonchev–Trinajstić information content (AvgIpc) is 2.97. The molecule has 1 aliphatic heterocycles. The molecule has 1 atom stereocenters. The van der Waals surface area contributed by atoms with Gasteiger partial charge in [-0.3, -0.25) is 9.36 Å². The summed E-state index contributed by atoms with van der Waals surface area (Å²) in [7, 11) is 1.58. The number of amides is 2. The van der Waals surface area contributed by atoms with E-state index in [9.17, 15) is 9.59 Å². The molecule has 0 radical (unpaired) electrons. The number of likely N-dealkylation sites (N-methyl/N-ethyl adjacent to an activating group) is 1. The van der Waals surface area contributed by atoms with Crippen LogP contribution in [0.1, 0.15) is 12.8 Å². The molecule has 1 aromatic rings. The molecular formula is C10H14N4O2. The summed E-state index contributed by atoms with van der Waals surface area (Å²) >= 11 is 0. The Kier molecular flexibility index (Phi) is 2.89. The molecule has 0 bridgehead atoms. The number of rotatable bonds is 1. The van der Waals surface area contributed by atoms with E-state index in [1.165, 1.54) is 10.9 Å². The first kappa shape index (κ1) is 10.7. The Balaban J connectivity index is 2.14. The number of hydrogen-bond acceptors (Lipinski definition) is 3. The van der Waals surface area contributed by atoms with Gasteiger partial charge >= 0.3 is 6.03 Å². The normalized spacial score (nSPS) is 19.8. The molecule has 0 aromatic carbocycles. The second kappa shape index (κ2) is 4.34. The van der Waals surface area contributed by atoms with Gasteiger partial charge in [-0.2, -0.15) is 0 Å². The number of aromatic nitrogens is 2. The molecule has 2 heterocycles. The van der Waals surface area contributed by atoms with Crippen molar-refractivity contribution in [3.8, 4) is 0 Å². The highest BCUT2D eigenvalue weighted by molar-refractivity contribution is 5.88. The van der Waals surface area contributed by atoms with E-state index in [4.69, 9.17) is 0 Å². The first-order valence-electron chi connectivity index (χ1n) is 5.24. The lowest BCUT2D eigenvalue weighted by Gasteiger charge is -2.22. The predicted molar refractivity (Wildman–Crippen MR) is 56.8 cm³/mol. The zero-order valence-corrected chi connectivity index (χ0v) is 9.09. The third-order valence-electron chi connectivity index (χ3n) is 2.77. The second-order valence-electron chi connectivity index (χ2n) is 3.72. The van der Waals surface area contributed by atoms with E-state index in [0.717, 1.165) is 12.8 Å². The van der Waals surface area contributed by atoms with Gasteiger partial charge in [-0.05, 0) is 12.8 Å². The van der Waals surface area contributed by atoms with Gasteiger partial charge in [-0.1, -0.05) is 0 Å². The molecule has 0 aliphatic carbocycles. The highest BCUT2D eigenvalue weighted by atomic mass is 16.2. The standard InChI is InChI=1S/C10H14N4O2/c1-11-9(15)8-3-2-5-14(8)10(16)13-6-4-12-7-13/h4,6-8H,2-3,5H2,1H3,(H,11,15). The molecule has 0 saturated carbocycles. The van der Waals surface area contributed by atoms with Gasteiger partial charge < -0.3 is 10.2 Å². The van der Waals surface area contributed by atoms with Crippen molar-refractivity contribution in [3.05, 3.63) is 18.7 Å². The number of imidazole rings is 1. The molecule has 2 rings (SSSR count). The number of hydrogen-bond donors (Lipinski definition) is 1. The molecule has 86 valence electrons. The van der Waals surface area contributed by atoms with Crippen LogP contribution in [-0.2, 0) is 4.79 Å². The van der Waals surface area contributed by atoms with Crippen LogP contribution in [0.15, 0.2) is 18.7 Å². The maximum atomic E-state index is 12.0. The van der Waals surface area contributed by atoms with Gasteiger partial charge in [0.25, 0.3) is 0 Å². The average molecular weight is 222 g/mol. The van der Waals surface area contributed by atoms with Gasteiger partial charge in [0.05, 0.1) is 0 Å². The van der Waals surface area contributed by atoms with E-state index in [2.05, 4.69) is 10.3 Å². The van der Waals surface area contributed by atoms with Crippen molar-refractivity contribution in [3.63, 3.8) is 0 Å². The van der Waals surface area contributed by atoms with E-state index in [1.54, 1.807) is 24.3 Å². The van der Waals surface area contributed by atoms with Crippen LogP contribution in [0, 0.1) is 0 Å². The Morgan fingerprint density at radius 3 is 2.94 bits per heavy atom. The topological polar surface area (TPSA) is 67.2 Å². The fourth-order valence-corrected chi connectivity index (χ4v) is 1.96. The lowest BCUT2D eigenvalue weighted by molar-refractivity contribution is -0.124. The van der Waals surface area contributed by atoms with Crippen LogP contribution in [-0.4, -0.2) is 46.0 Å². The van der Waals surface area contributed by atoms with Gasteiger partial charge in [0.15, 0.2) is 0 Å². The molecule has 1 fully saturated rings. The molecule has 0 spiro atoms. The van der Waals surface area contributed by atoms with Crippen LogP contribution < -0.4 is 5.32 Å². The fraction of sp³-hybridized carbons (Fsp3) is 0.500. The molecule has 1 unspecified atom stereocenters. The summed E-state index contributed by atoms with van der Waals surface area (Å²) in [5, 5.41) is 2.58.